The summed E-state index contributed by atoms with van der Waals surface area (Å²) in [6, 6.07) is 8.57. The lowest BCUT2D eigenvalue weighted by Gasteiger charge is -2.14. The van der Waals surface area contributed by atoms with E-state index in [1.165, 1.54) is 0 Å². The van der Waals surface area contributed by atoms with Crippen molar-refractivity contribution in [1.29, 1.82) is 5.26 Å². The number of benzene rings is 1. The van der Waals surface area contributed by atoms with Gasteiger partial charge in [0.15, 0.2) is 0 Å². The molecule has 6 nitrogen and oxygen atoms in total. The Morgan fingerprint density at radius 2 is 1.95 bits per heavy atom. The monoisotopic (exact) mass is 293 g/mol. The minimum Gasteiger partial charge on any atom is -0.341 e. The van der Waals surface area contributed by atoms with Gasteiger partial charge in [0.05, 0.1) is 29.7 Å². The Bertz CT molecular complexity index is 714. The van der Waals surface area contributed by atoms with Crippen LogP contribution in [0.5, 0.6) is 0 Å². The number of nitriles is 1. The zero-order chi connectivity index (χ0) is 15.4. The SMILES string of the molecule is N#Cc1cccc(C(=O)Nc2cnc(N3CCCC3)nc2)c1. The molecule has 0 unspecified atom stereocenters. The Balaban J connectivity index is 1.69. The van der Waals surface area contributed by atoms with E-state index in [0.29, 0.717) is 22.8 Å². The fraction of sp³-hybridized carbons (Fsp3) is 0.250. The zero-order valence-electron chi connectivity index (χ0n) is 12.0. The Kier molecular flexibility index (Phi) is 3.97. The Labute approximate surface area is 128 Å². The van der Waals surface area contributed by atoms with Crippen LogP contribution in [-0.2, 0) is 0 Å². The average molecular weight is 293 g/mol. The minimum atomic E-state index is -0.283. The molecule has 110 valence electrons. The Morgan fingerprint density at radius 3 is 2.64 bits per heavy atom. The molecule has 2 heterocycles. The van der Waals surface area contributed by atoms with E-state index in [-0.39, 0.29) is 5.91 Å². The summed E-state index contributed by atoms with van der Waals surface area (Å²) in [4.78, 5) is 22.8. The molecule has 22 heavy (non-hydrogen) atoms. The van der Waals surface area contributed by atoms with Crippen LogP contribution < -0.4 is 10.2 Å². The first-order valence-electron chi connectivity index (χ1n) is 7.15. The van der Waals surface area contributed by atoms with E-state index in [9.17, 15) is 4.79 Å². The van der Waals surface area contributed by atoms with Gasteiger partial charge in [-0.3, -0.25) is 4.79 Å². The lowest BCUT2D eigenvalue weighted by atomic mass is 10.1. The molecular formula is C16H15N5O. The quantitative estimate of drug-likeness (QED) is 0.938. The van der Waals surface area contributed by atoms with Crippen LogP contribution in [0.4, 0.5) is 11.6 Å². The molecule has 0 spiro atoms. The van der Waals surface area contributed by atoms with Crippen LogP contribution in [0.2, 0.25) is 0 Å². The van der Waals surface area contributed by atoms with Crippen molar-refractivity contribution in [2.45, 2.75) is 12.8 Å². The van der Waals surface area contributed by atoms with Gasteiger partial charge in [-0.05, 0) is 31.0 Å². The van der Waals surface area contributed by atoms with E-state index in [2.05, 4.69) is 20.2 Å². The lowest BCUT2D eigenvalue weighted by Crippen LogP contribution is -2.20. The van der Waals surface area contributed by atoms with Crippen LogP contribution in [0.3, 0.4) is 0 Å². The maximum atomic E-state index is 12.1. The van der Waals surface area contributed by atoms with Crippen molar-refractivity contribution in [3.63, 3.8) is 0 Å². The molecule has 1 N–H and O–H groups in total. The van der Waals surface area contributed by atoms with Gasteiger partial charge in [-0.15, -0.1) is 0 Å². The summed E-state index contributed by atoms with van der Waals surface area (Å²) in [5, 5.41) is 11.6. The molecule has 0 aliphatic carbocycles. The van der Waals surface area contributed by atoms with Gasteiger partial charge in [-0.25, -0.2) is 9.97 Å². The second kappa shape index (κ2) is 6.22. The molecule has 0 atom stereocenters. The normalized spacial score (nSPS) is 13.7. The Hall–Kier alpha value is -2.94. The summed E-state index contributed by atoms with van der Waals surface area (Å²) in [5.74, 6) is 0.414. The number of nitrogens with zero attached hydrogens (tertiary/aromatic N) is 4. The molecule has 0 bridgehead atoms. The van der Waals surface area contributed by atoms with Gasteiger partial charge >= 0.3 is 0 Å². The van der Waals surface area contributed by atoms with Crippen molar-refractivity contribution in [3.8, 4) is 6.07 Å². The van der Waals surface area contributed by atoms with Gasteiger partial charge < -0.3 is 10.2 Å². The second-order valence-electron chi connectivity index (χ2n) is 5.11. The van der Waals surface area contributed by atoms with E-state index in [1.807, 2.05) is 6.07 Å². The highest BCUT2D eigenvalue weighted by atomic mass is 16.1. The number of carbonyl (C=O) groups is 1. The molecule has 0 radical (unpaired) electrons. The summed E-state index contributed by atoms with van der Waals surface area (Å²) in [7, 11) is 0. The third-order valence-electron chi connectivity index (χ3n) is 3.54. The Morgan fingerprint density at radius 1 is 1.23 bits per heavy atom. The summed E-state index contributed by atoms with van der Waals surface area (Å²) in [6.07, 6.45) is 5.54. The maximum Gasteiger partial charge on any atom is 0.255 e. The first kappa shape index (κ1) is 14.0. The minimum absolute atomic E-state index is 0.283. The van der Waals surface area contributed by atoms with Crippen molar-refractivity contribution in [3.05, 3.63) is 47.8 Å². The van der Waals surface area contributed by atoms with Gasteiger partial charge in [-0.2, -0.15) is 5.26 Å². The standard InChI is InChI=1S/C16H15N5O/c17-9-12-4-3-5-13(8-12)15(22)20-14-10-18-16(19-11-14)21-6-1-2-7-21/h3-5,8,10-11H,1-2,6-7H2,(H,20,22). The van der Waals surface area contributed by atoms with Crippen molar-refractivity contribution in [2.24, 2.45) is 0 Å². The number of carbonyl (C=O) groups excluding carboxylic acids is 1. The molecule has 6 heteroatoms. The number of nitrogens with one attached hydrogen (secondary N) is 1. The first-order valence-corrected chi connectivity index (χ1v) is 7.15. The van der Waals surface area contributed by atoms with Gasteiger partial charge in [0.25, 0.3) is 5.91 Å². The van der Waals surface area contributed by atoms with Crippen LogP contribution in [0.25, 0.3) is 0 Å². The summed E-state index contributed by atoms with van der Waals surface area (Å²) in [5.41, 5.74) is 1.42. The van der Waals surface area contributed by atoms with Crippen LogP contribution in [0.15, 0.2) is 36.7 Å². The van der Waals surface area contributed by atoms with Gasteiger partial charge in [0, 0.05) is 18.7 Å². The number of hydrogen-bond donors (Lipinski definition) is 1. The van der Waals surface area contributed by atoms with Crippen LogP contribution in [0.1, 0.15) is 28.8 Å². The molecule has 1 amide bonds. The molecule has 1 fully saturated rings. The van der Waals surface area contributed by atoms with E-state index >= 15 is 0 Å². The highest BCUT2D eigenvalue weighted by Crippen LogP contribution is 2.16. The molecular weight excluding hydrogens is 278 g/mol. The molecule has 2 aromatic rings. The summed E-state index contributed by atoms with van der Waals surface area (Å²) >= 11 is 0. The number of anilines is 2. The van der Waals surface area contributed by atoms with Gasteiger partial charge in [0.2, 0.25) is 5.95 Å². The molecule has 0 saturated carbocycles. The van der Waals surface area contributed by atoms with E-state index in [4.69, 9.17) is 5.26 Å². The van der Waals surface area contributed by atoms with Crippen LogP contribution in [-0.4, -0.2) is 29.0 Å². The number of rotatable bonds is 3. The zero-order valence-corrected chi connectivity index (χ0v) is 12.0. The van der Waals surface area contributed by atoms with Crippen molar-refractivity contribution >= 4 is 17.5 Å². The third-order valence-corrected chi connectivity index (χ3v) is 3.54. The topological polar surface area (TPSA) is 81.9 Å². The fourth-order valence-electron chi connectivity index (χ4n) is 2.40. The average Bonchev–Trinajstić information content (AvgIpc) is 3.10. The van der Waals surface area contributed by atoms with E-state index in [1.54, 1.807) is 36.7 Å². The first-order chi connectivity index (χ1) is 10.8. The predicted molar refractivity (Wildman–Crippen MR) is 82.6 cm³/mol. The molecule has 1 aliphatic rings. The predicted octanol–water partition coefficient (Wildman–Crippen LogP) is 2.20. The molecule has 1 aromatic heterocycles. The van der Waals surface area contributed by atoms with Crippen molar-refractivity contribution in [2.75, 3.05) is 23.3 Å². The summed E-state index contributed by atoms with van der Waals surface area (Å²) in [6.45, 7) is 1.96. The van der Waals surface area contributed by atoms with Crippen LogP contribution >= 0.6 is 0 Å². The number of aromatic nitrogens is 2. The number of hydrogen-bond acceptors (Lipinski definition) is 5. The van der Waals surface area contributed by atoms with Crippen LogP contribution in [0, 0.1) is 11.3 Å². The van der Waals surface area contributed by atoms with Gasteiger partial charge in [-0.1, -0.05) is 6.07 Å². The molecule has 3 rings (SSSR count). The maximum absolute atomic E-state index is 12.1. The smallest absolute Gasteiger partial charge is 0.255 e. The second-order valence-corrected chi connectivity index (χ2v) is 5.11. The highest BCUT2D eigenvalue weighted by Gasteiger charge is 2.15. The number of amides is 1. The van der Waals surface area contributed by atoms with Crippen molar-refractivity contribution in [1.82, 2.24) is 9.97 Å². The largest absolute Gasteiger partial charge is 0.341 e. The third kappa shape index (κ3) is 3.04. The molecule has 1 aliphatic heterocycles. The van der Waals surface area contributed by atoms with Gasteiger partial charge in [0.1, 0.15) is 0 Å². The molecule has 1 aromatic carbocycles. The summed E-state index contributed by atoms with van der Waals surface area (Å²) < 4.78 is 0. The van der Waals surface area contributed by atoms with E-state index < -0.39 is 0 Å². The molecule has 1 saturated heterocycles. The highest BCUT2D eigenvalue weighted by molar-refractivity contribution is 6.04. The van der Waals surface area contributed by atoms with Crippen molar-refractivity contribution < 1.29 is 4.79 Å². The lowest BCUT2D eigenvalue weighted by molar-refractivity contribution is 0.102. The fourth-order valence-corrected chi connectivity index (χ4v) is 2.40. The van der Waals surface area contributed by atoms with E-state index in [0.717, 1.165) is 25.9 Å².